The lowest BCUT2D eigenvalue weighted by molar-refractivity contribution is 0.459. The number of benzene rings is 18. The van der Waals surface area contributed by atoms with Crippen LogP contribution in [-0.4, -0.2) is 12.7 Å². The molecule has 0 bridgehead atoms. The van der Waals surface area contributed by atoms with Gasteiger partial charge in [0.15, 0.2) is 0 Å². The molecule has 1 N–H and O–H groups in total. The van der Waals surface area contributed by atoms with Crippen LogP contribution in [0.15, 0.2) is 353 Å². The third kappa shape index (κ3) is 9.95. The zero-order valence-electron chi connectivity index (χ0n) is 53.0. The Balaban J connectivity index is 0.000000118. The minimum absolute atomic E-state index is 0.664. The molecule has 20 rings (SSSR count). The zero-order chi connectivity index (χ0) is 65.2. The Morgan fingerprint density at radius 2 is 0.571 bits per heavy atom. The first-order valence-corrected chi connectivity index (χ1v) is 33.8. The first-order valence-electron chi connectivity index (χ1n) is 33.0. The van der Waals surface area contributed by atoms with Gasteiger partial charge in [-0.1, -0.05) is 319 Å². The van der Waals surface area contributed by atoms with Crippen molar-refractivity contribution in [3.05, 3.63) is 344 Å². The lowest BCUT2D eigenvalue weighted by Crippen LogP contribution is -2.02. The Bertz CT molecular complexity index is 6440. The van der Waals surface area contributed by atoms with Crippen LogP contribution in [0.1, 0.15) is 0 Å². The van der Waals surface area contributed by atoms with E-state index < -0.39 is 0 Å². The molecular weight excluding hydrogens is 1260 g/mol. The van der Waals surface area contributed by atoms with Gasteiger partial charge < -0.3 is 18.5 Å². The fourth-order valence-electron chi connectivity index (χ4n) is 15.2. The van der Waals surface area contributed by atoms with Gasteiger partial charge in [0.2, 0.25) is 0 Å². The predicted molar refractivity (Wildman–Crippen MR) is 417 cm³/mol. The van der Waals surface area contributed by atoms with E-state index >= 15 is 0 Å². The highest BCUT2D eigenvalue weighted by atomic mass is 79.9. The van der Waals surface area contributed by atoms with Gasteiger partial charge in [0.05, 0.1) is 0 Å². The molecule has 6 heteroatoms. The topological polar surface area (TPSA) is 55.7 Å². The maximum atomic E-state index is 9.43. The predicted octanol–water partition coefficient (Wildman–Crippen LogP) is 26.1. The average Bonchev–Trinajstić information content (AvgIpc) is 1.04. The van der Waals surface area contributed by atoms with E-state index in [1.165, 1.54) is 104 Å². The molecule has 0 aliphatic heterocycles. The summed E-state index contributed by atoms with van der Waals surface area (Å²) in [7, 11) is 0.759. The molecule has 2 heterocycles. The molecule has 98 heavy (non-hydrogen) atoms. The quantitative estimate of drug-likeness (QED) is 0.128. The maximum absolute atomic E-state index is 9.43. The van der Waals surface area contributed by atoms with E-state index in [0.29, 0.717) is 5.75 Å². The lowest BCUT2D eigenvalue weighted by Gasteiger charge is -2.19. The van der Waals surface area contributed by atoms with E-state index in [9.17, 15) is 5.02 Å². The molecule has 0 aliphatic rings. The van der Waals surface area contributed by atoms with Crippen LogP contribution in [0.4, 0.5) is 0 Å². The molecule has 0 atom stereocenters. The third-order valence-electron chi connectivity index (χ3n) is 19.5. The van der Waals surface area contributed by atoms with E-state index in [1.807, 2.05) is 72.8 Å². The molecule has 20 aromatic rings. The van der Waals surface area contributed by atoms with Gasteiger partial charge in [-0.15, -0.1) is 0 Å². The number of fused-ring (bicyclic) bond motifs is 16. The second-order valence-electron chi connectivity index (χ2n) is 24.9. The molecule has 0 saturated carbocycles. The summed E-state index contributed by atoms with van der Waals surface area (Å²) < 4.78 is 19.2. The van der Waals surface area contributed by atoms with Crippen molar-refractivity contribution in [2.75, 3.05) is 0 Å². The van der Waals surface area contributed by atoms with Crippen LogP contribution in [0.3, 0.4) is 0 Å². The second kappa shape index (κ2) is 24.6. The van der Waals surface area contributed by atoms with Crippen LogP contribution in [-0.2, 0) is 0 Å². The number of hydrogen-bond donors (Lipinski definition) is 1. The summed E-state index contributed by atoms with van der Waals surface area (Å²) in [4.78, 5) is 0. The van der Waals surface area contributed by atoms with Gasteiger partial charge >= 0.3 is 7.69 Å². The summed E-state index contributed by atoms with van der Waals surface area (Å²) in [6.45, 7) is 0. The van der Waals surface area contributed by atoms with Gasteiger partial charge in [-0.25, -0.2) is 0 Å². The molecule has 459 valence electrons. The normalized spacial score (nSPS) is 11.6. The first kappa shape index (κ1) is 58.5. The Labute approximate surface area is 573 Å². The van der Waals surface area contributed by atoms with Crippen molar-refractivity contribution in [3.63, 3.8) is 0 Å². The summed E-state index contributed by atoms with van der Waals surface area (Å²) in [5.41, 5.74) is 15.9. The maximum Gasteiger partial charge on any atom is 0.569 e. The molecule has 0 spiro atoms. The summed E-state index contributed by atoms with van der Waals surface area (Å²) in [6, 6.07) is 120. The van der Waals surface area contributed by atoms with Gasteiger partial charge in [0, 0.05) is 47.6 Å². The number of hydrogen-bond acceptors (Lipinski definition) is 4. The molecular formula is C92H57BBrO4. The highest BCUT2D eigenvalue weighted by Crippen LogP contribution is 2.50. The molecule has 0 fully saturated rings. The lowest BCUT2D eigenvalue weighted by atomic mass is 9.83. The second-order valence-corrected chi connectivity index (χ2v) is 25.8. The van der Waals surface area contributed by atoms with Crippen LogP contribution in [0.25, 0.3) is 186 Å². The number of rotatable bonds is 7. The fraction of sp³-hybridized carbons (Fsp3) is 0. The van der Waals surface area contributed by atoms with Crippen LogP contribution in [0.2, 0.25) is 0 Å². The smallest absolute Gasteiger partial charge is 0.537 e. The largest absolute Gasteiger partial charge is 0.569 e. The Kier molecular flexibility index (Phi) is 14.7. The van der Waals surface area contributed by atoms with Crippen molar-refractivity contribution >= 4 is 154 Å². The molecule has 1 radical (unpaired) electrons. The minimum Gasteiger partial charge on any atom is -0.537 e. The SMILES string of the molecule is Brc1cc2c3ccccc3oc2c2ccccc12.O[B]Oc1c2ccccc2c(-c2cccc(-c3cccc4ccccc34)c2)c2ccccc12.c1cc(-c2cccc3ccccc23)cc(-c2c3ccccc3c(-c3cc4c5ccccc5oc4c4ccccc34)c3ccccc23)c1. The summed E-state index contributed by atoms with van der Waals surface area (Å²) in [5.74, 6) is 0.664. The van der Waals surface area contributed by atoms with Crippen molar-refractivity contribution in [2.24, 2.45) is 0 Å². The molecule has 2 aromatic heterocycles. The van der Waals surface area contributed by atoms with Crippen LogP contribution in [0, 0.1) is 0 Å². The molecule has 0 unspecified atom stereocenters. The Hall–Kier alpha value is -12.1. The molecule has 18 aromatic carbocycles. The standard InChI is InChI=1S/C46H28O.C30H20BO2.C16H9BrO/c1-2-17-32-29(13-1)14-12-25-33(32)30-15-11-16-31(27-30)44-36-20-4-6-22-38(36)45(39-23-7-5-21-37(39)44)41-28-42-35-19-9-10-26-43(35)47-46(42)40-24-8-3-18-34(40)41;32-31-33-30-27-16-5-3-14-25(27)29(26-15-4-6-17-28(26)30)22-12-7-11-21(19-22)24-18-8-10-20-9-1-2-13-23(20)24;17-14-9-13-11-6-3-4-8-15(11)18-16(13)12-7-2-1-5-10(12)14/h1-28H;1-19,32H;1-9H. The molecule has 4 nitrogen and oxygen atoms in total. The number of para-hydroxylation sites is 2. The summed E-state index contributed by atoms with van der Waals surface area (Å²) >= 11 is 3.65. The number of halogens is 1. The average molecular weight is 1320 g/mol. The molecule has 0 amide bonds. The highest BCUT2D eigenvalue weighted by Gasteiger charge is 2.23. The Morgan fingerprint density at radius 1 is 0.245 bits per heavy atom. The van der Waals surface area contributed by atoms with E-state index in [1.54, 1.807) is 0 Å². The van der Waals surface area contributed by atoms with Crippen molar-refractivity contribution in [1.29, 1.82) is 0 Å². The van der Waals surface area contributed by atoms with Crippen LogP contribution >= 0.6 is 15.9 Å². The van der Waals surface area contributed by atoms with Crippen molar-refractivity contribution in [1.82, 2.24) is 0 Å². The first-order chi connectivity index (χ1) is 48.5. The minimum atomic E-state index is 0.664. The van der Waals surface area contributed by atoms with Crippen molar-refractivity contribution in [3.8, 4) is 61.4 Å². The molecule has 0 aliphatic carbocycles. The van der Waals surface area contributed by atoms with E-state index in [0.717, 1.165) is 94.1 Å². The van der Waals surface area contributed by atoms with Gasteiger partial charge in [-0.05, 0) is 157 Å². The van der Waals surface area contributed by atoms with Gasteiger partial charge in [-0.3, -0.25) is 0 Å². The van der Waals surface area contributed by atoms with Gasteiger partial charge in [0.25, 0.3) is 0 Å². The van der Waals surface area contributed by atoms with Gasteiger partial charge in [-0.2, -0.15) is 0 Å². The van der Waals surface area contributed by atoms with E-state index in [-0.39, 0.29) is 0 Å². The fourth-order valence-corrected chi connectivity index (χ4v) is 15.8. The van der Waals surface area contributed by atoms with E-state index in [2.05, 4.69) is 283 Å². The Morgan fingerprint density at radius 3 is 1.04 bits per heavy atom. The monoisotopic (exact) mass is 1320 g/mol. The zero-order valence-corrected chi connectivity index (χ0v) is 54.5. The summed E-state index contributed by atoms with van der Waals surface area (Å²) in [6.07, 6.45) is 0. The third-order valence-corrected chi connectivity index (χ3v) is 20.1. The van der Waals surface area contributed by atoms with Gasteiger partial charge in [0.1, 0.15) is 28.1 Å². The van der Waals surface area contributed by atoms with Crippen molar-refractivity contribution in [2.45, 2.75) is 0 Å². The van der Waals surface area contributed by atoms with E-state index in [4.69, 9.17) is 13.5 Å². The summed E-state index contributed by atoms with van der Waals surface area (Å²) in [5, 5.41) is 32.8. The highest BCUT2D eigenvalue weighted by molar-refractivity contribution is 9.10. The number of furan rings is 2. The van der Waals surface area contributed by atoms with Crippen LogP contribution < -0.4 is 4.65 Å². The van der Waals surface area contributed by atoms with Crippen LogP contribution in [0.5, 0.6) is 5.75 Å². The molecule has 0 saturated heterocycles. The van der Waals surface area contributed by atoms with Crippen molar-refractivity contribution < 1.29 is 18.5 Å².